The Morgan fingerprint density at radius 1 is 1.28 bits per heavy atom. The molecule has 1 aliphatic rings. The number of rotatable bonds is 4. The minimum absolute atomic E-state index is 0.0304. The Labute approximate surface area is 105 Å². The minimum Gasteiger partial charge on any atom is -0.324 e. The fraction of sp³-hybridized carbons (Fsp3) is 0.462. The number of hydrogen-bond donors (Lipinski definition) is 1. The van der Waals surface area contributed by atoms with Crippen molar-refractivity contribution in [2.45, 2.75) is 19.3 Å². The van der Waals surface area contributed by atoms with E-state index in [1.54, 1.807) is 0 Å². The molecule has 1 fully saturated rings. The molecule has 0 unspecified atom stereocenters. The van der Waals surface area contributed by atoms with E-state index in [9.17, 15) is 13.6 Å². The van der Waals surface area contributed by atoms with E-state index in [2.05, 4.69) is 10.2 Å². The van der Waals surface area contributed by atoms with Crippen molar-refractivity contribution in [3.05, 3.63) is 29.8 Å². The summed E-state index contributed by atoms with van der Waals surface area (Å²) in [6.07, 6.45) is 2.68. The van der Waals surface area contributed by atoms with Gasteiger partial charge in [-0.25, -0.2) is 8.78 Å². The third-order valence-corrected chi connectivity index (χ3v) is 3.06. The van der Waals surface area contributed by atoms with Gasteiger partial charge in [0.1, 0.15) is 11.6 Å². The number of carbonyl (C=O) groups is 1. The van der Waals surface area contributed by atoms with Crippen molar-refractivity contribution >= 4 is 11.6 Å². The lowest BCUT2D eigenvalue weighted by Gasteiger charge is -2.14. The van der Waals surface area contributed by atoms with Crippen molar-refractivity contribution in [3.63, 3.8) is 0 Å². The highest BCUT2D eigenvalue weighted by Gasteiger charge is 2.13. The van der Waals surface area contributed by atoms with E-state index in [-0.39, 0.29) is 11.6 Å². The smallest absolute Gasteiger partial charge is 0.225 e. The molecule has 1 aliphatic heterocycles. The van der Waals surface area contributed by atoms with Crippen LogP contribution < -0.4 is 5.32 Å². The number of carbonyl (C=O) groups excluding carboxylic acids is 1. The largest absolute Gasteiger partial charge is 0.324 e. The summed E-state index contributed by atoms with van der Waals surface area (Å²) < 4.78 is 26.0. The number of anilines is 1. The van der Waals surface area contributed by atoms with Crippen LogP contribution in [0.5, 0.6) is 0 Å². The molecule has 0 aliphatic carbocycles. The molecule has 1 amide bonds. The van der Waals surface area contributed by atoms with Gasteiger partial charge >= 0.3 is 0 Å². The maximum atomic E-state index is 13.3. The lowest BCUT2D eigenvalue weighted by atomic mass is 10.2. The number of likely N-dealkylation sites (tertiary alicyclic amines) is 1. The molecule has 0 aromatic heterocycles. The van der Waals surface area contributed by atoms with Gasteiger partial charge in [-0.2, -0.15) is 0 Å². The van der Waals surface area contributed by atoms with E-state index < -0.39 is 11.6 Å². The van der Waals surface area contributed by atoms with Gasteiger partial charge in [0.05, 0.1) is 5.69 Å². The summed E-state index contributed by atoms with van der Waals surface area (Å²) in [5.74, 6) is -1.64. The second-order valence-corrected chi connectivity index (χ2v) is 4.47. The standard InChI is InChI=1S/C13H16F2N2O/c14-10-3-4-12(11(15)9-10)16-13(18)5-8-17-6-1-2-7-17/h3-4,9H,1-2,5-8H2,(H,16,18). The van der Waals surface area contributed by atoms with Crippen LogP contribution in [0.15, 0.2) is 18.2 Å². The van der Waals surface area contributed by atoms with E-state index in [1.807, 2.05) is 0 Å². The Hall–Kier alpha value is -1.49. The first-order valence-electron chi connectivity index (χ1n) is 6.12. The maximum Gasteiger partial charge on any atom is 0.225 e. The van der Waals surface area contributed by atoms with Gasteiger partial charge in [0, 0.05) is 19.0 Å². The van der Waals surface area contributed by atoms with Gasteiger partial charge in [0.25, 0.3) is 0 Å². The Kier molecular flexibility index (Phi) is 4.25. The van der Waals surface area contributed by atoms with Gasteiger partial charge in [-0.15, -0.1) is 0 Å². The van der Waals surface area contributed by atoms with Crippen LogP contribution in [0.2, 0.25) is 0 Å². The second kappa shape index (κ2) is 5.91. The van der Waals surface area contributed by atoms with E-state index in [0.717, 1.165) is 25.2 Å². The molecule has 18 heavy (non-hydrogen) atoms. The van der Waals surface area contributed by atoms with Crippen LogP contribution in [0.25, 0.3) is 0 Å². The number of amides is 1. The fourth-order valence-electron chi connectivity index (χ4n) is 2.07. The SMILES string of the molecule is O=C(CCN1CCCC1)Nc1ccc(F)cc1F. The van der Waals surface area contributed by atoms with Gasteiger partial charge in [0.2, 0.25) is 5.91 Å². The zero-order valence-corrected chi connectivity index (χ0v) is 10.1. The predicted molar refractivity (Wildman–Crippen MR) is 65.3 cm³/mol. The lowest BCUT2D eigenvalue weighted by Crippen LogP contribution is -2.25. The molecule has 0 spiro atoms. The number of nitrogens with zero attached hydrogens (tertiary/aromatic N) is 1. The van der Waals surface area contributed by atoms with Gasteiger partial charge < -0.3 is 10.2 Å². The van der Waals surface area contributed by atoms with Crippen molar-refractivity contribution in [2.75, 3.05) is 25.0 Å². The fourth-order valence-corrected chi connectivity index (χ4v) is 2.07. The predicted octanol–water partition coefficient (Wildman–Crippen LogP) is 2.39. The number of halogens is 2. The van der Waals surface area contributed by atoms with Gasteiger partial charge in [-0.05, 0) is 38.1 Å². The summed E-state index contributed by atoms with van der Waals surface area (Å²) in [6, 6.07) is 3.12. The first-order valence-corrected chi connectivity index (χ1v) is 6.12. The van der Waals surface area contributed by atoms with Crippen LogP contribution in [0.4, 0.5) is 14.5 Å². The molecule has 1 heterocycles. The monoisotopic (exact) mass is 254 g/mol. The van der Waals surface area contributed by atoms with Crippen LogP contribution in [-0.4, -0.2) is 30.4 Å². The van der Waals surface area contributed by atoms with Crippen LogP contribution in [0.1, 0.15) is 19.3 Å². The van der Waals surface area contributed by atoms with Crippen molar-refractivity contribution in [3.8, 4) is 0 Å². The zero-order chi connectivity index (χ0) is 13.0. The molecule has 5 heteroatoms. The minimum atomic E-state index is -0.746. The first-order chi connectivity index (χ1) is 8.65. The van der Waals surface area contributed by atoms with E-state index in [1.165, 1.54) is 18.9 Å². The molecule has 1 saturated heterocycles. The van der Waals surface area contributed by atoms with E-state index in [0.29, 0.717) is 13.0 Å². The molecule has 0 bridgehead atoms. The van der Waals surface area contributed by atoms with Crippen molar-refractivity contribution in [2.24, 2.45) is 0 Å². The van der Waals surface area contributed by atoms with Crippen molar-refractivity contribution in [1.82, 2.24) is 4.90 Å². The Morgan fingerprint density at radius 2 is 2.00 bits per heavy atom. The zero-order valence-electron chi connectivity index (χ0n) is 10.1. The third-order valence-electron chi connectivity index (χ3n) is 3.06. The number of benzene rings is 1. The molecule has 1 aromatic carbocycles. The first kappa shape index (κ1) is 13.0. The molecule has 1 aromatic rings. The molecular weight excluding hydrogens is 238 g/mol. The lowest BCUT2D eigenvalue weighted by molar-refractivity contribution is -0.116. The highest BCUT2D eigenvalue weighted by atomic mass is 19.1. The van der Waals surface area contributed by atoms with Crippen molar-refractivity contribution in [1.29, 1.82) is 0 Å². The summed E-state index contributed by atoms with van der Waals surface area (Å²) in [6.45, 7) is 2.74. The summed E-state index contributed by atoms with van der Waals surface area (Å²) in [7, 11) is 0. The number of nitrogens with one attached hydrogen (secondary N) is 1. The Balaban J connectivity index is 1.82. The summed E-state index contributed by atoms with van der Waals surface area (Å²) in [4.78, 5) is 13.8. The van der Waals surface area contributed by atoms with E-state index >= 15 is 0 Å². The Bertz CT molecular complexity index is 431. The average molecular weight is 254 g/mol. The van der Waals surface area contributed by atoms with Crippen molar-refractivity contribution < 1.29 is 13.6 Å². The molecule has 3 nitrogen and oxygen atoms in total. The summed E-state index contributed by atoms with van der Waals surface area (Å²) >= 11 is 0. The molecule has 0 atom stereocenters. The second-order valence-electron chi connectivity index (χ2n) is 4.47. The van der Waals surface area contributed by atoms with Gasteiger partial charge in [0.15, 0.2) is 0 Å². The van der Waals surface area contributed by atoms with Crippen LogP contribution in [0.3, 0.4) is 0 Å². The van der Waals surface area contributed by atoms with Crippen LogP contribution >= 0.6 is 0 Å². The van der Waals surface area contributed by atoms with Gasteiger partial charge in [-0.3, -0.25) is 4.79 Å². The molecule has 98 valence electrons. The third kappa shape index (κ3) is 3.50. The molecule has 0 saturated carbocycles. The van der Waals surface area contributed by atoms with Crippen LogP contribution in [-0.2, 0) is 4.79 Å². The van der Waals surface area contributed by atoms with E-state index in [4.69, 9.17) is 0 Å². The highest BCUT2D eigenvalue weighted by Crippen LogP contribution is 2.15. The Morgan fingerprint density at radius 3 is 2.67 bits per heavy atom. The quantitative estimate of drug-likeness (QED) is 0.894. The molecule has 0 radical (unpaired) electrons. The topological polar surface area (TPSA) is 32.3 Å². The summed E-state index contributed by atoms with van der Waals surface area (Å²) in [5, 5.41) is 2.45. The maximum absolute atomic E-state index is 13.3. The van der Waals surface area contributed by atoms with Crippen LogP contribution in [0, 0.1) is 11.6 Å². The highest BCUT2D eigenvalue weighted by molar-refractivity contribution is 5.90. The average Bonchev–Trinajstić information content (AvgIpc) is 2.83. The molecular formula is C13H16F2N2O. The number of hydrogen-bond acceptors (Lipinski definition) is 2. The molecule has 1 N–H and O–H groups in total. The summed E-state index contributed by atoms with van der Waals surface area (Å²) in [5.41, 5.74) is 0.0304. The normalized spacial score (nSPS) is 15.9. The van der Waals surface area contributed by atoms with Gasteiger partial charge in [-0.1, -0.05) is 0 Å². The molecule has 2 rings (SSSR count).